The Morgan fingerprint density at radius 2 is 2.04 bits per heavy atom. The number of hydrogen-bond donors (Lipinski definition) is 1. The Kier molecular flexibility index (Phi) is 5.10. The van der Waals surface area contributed by atoms with Gasteiger partial charge in [-0.15, -0.1) is 0 Å². The Bertz CT molecular complexity index is 888. The molecule has 1 heterocycles. The smallest absolute Gasteiger partial charge is 0.226 e. The summed E-state index contributed by atoms with van der Waals surface area (Å²) in [6.07, 6.45) is 3.28. The van der Waals surface area contributed by atoms with E-state index in [0.29, 0.717) is 13.1 Å². The fourth-order valence-corrected chi connectivity index (χ4v) is 4.74. The number of hydrogen-bond acceptors (Lipinski definition) is 2. The number of carbonyl (C=O) groups is 1. The third kappa shape index (κ3) is 3.96. The third-order valence-electron chi connectivity index (χ3n) is 5.44. The van der Waals surface area contributed by atoms with Crippen molar-refractivity contribution in [3.8, 4) is 11.1 Å². The van der Waals surface area contributed by atoms with Crippen LogP contribution in [0.15, 0.2) is 48.5 Å². The summed E-state index contributed by atoms with van der Waals surface area (Å²) in [6.45, 7) is 1.33. The summed E-state index contributed by atoms with van der Waals surface area (Å²) in [6, 6.07) is 14.7. The van der Waals surface area contributed by atoms with Gasteiger partial charge in [-0.1, -0.05) is 36.4 Å². The van der Waals surface area contributed by atoms with Gasteiger partial charge in [-0.3, -0.25) is 4.79 Å². The van der Waals surface area contributed by atoms with Gasteiger partial charge in [0.15, 0.2) is 0 Å². The lowest BCUT2D eigenvalue weighted by Gasteiger charge is -2.17. The molecule has 2 aromatic carbocycles. The Labute approximate surface area is 161 Å². The van der Waals surface area contributed by atoms with Crippen molar-refractivity contribution in [3.63, 3.8) is 0 Å². The molecule has 2 fully saturated rings. The molecule has 142 valence electrons. The second-order valence-corrected chi connectivity index (χ2v) is 8.53. The van der Waals surface area contributed by atoms with Crippen molar-refractivity contribution in [2.45, 2.75) is 24.8 Å². The number of carbonyl (C=O) groups excluding carboxylic acids is 1. The zero-order valence-electron chi connectivity index (χ0n) is 15.2. The van der Waals surface area contributed by atoms with Crippen LogP contribution in [0.25, 0.3) is 11.1 Å². The van der Waals surface area contributed by atoms with E-state index in [9.17, 15) is 13.4 Å². The highest BCUT2D eigenvalue weighted by Gasteiger charge is 2.47. The maximum atomic E-state index is 13.6. The molecule has 4 rings (SSSR count). The number of likely N-dealkylation sites (tertiary alicyclic amines) is 1. The summed E-state index contributed by atoms with van der Waals surface area (Å²) in [5.74, 6) is 0.102. The molecule has 0 radical (unpaired) electrons. The normalized spacial score (nSPS) is 25.4. The number of nitrogens with zero attached hydrogens (tertiary/aromatic N) is 1. The number of benzene rings is 2. The van der Waals surface area contributed by atoms with Crippen LogP contribution in [0.4, 0.5) is 4.39 Å². The minimum atomic E-state index is -1.06. The summed E-state index contributed by atoms with van der Waals surface area (Å²) in [5.41, 5.74) is 2.96. The van der Waals surface area contributed by atoms with Crippen LogP contribution in [-0.4, -0.2) is 40.4 Å². The number of halogens is 1. The van der Waals surface area contributed by atoms with E-state index in [4.69, 9.17) is 0 Å². The standard InChI is InChI=1S/C21H23FN2O2S/c1-27(26)23-16-9-10-24(13-16)21(25)20-12-19(20)18-8-3-2-7-17(18)14-5-4-6-15(22)11-14/h2-8,11,16,19-20,23H,9-10,12-13H2,1H3. The van der Waals surface area contributed by atoms with E-state index in [2.05, 4.69) is 4.72 Å². The van der Waals surface area contributed by atoms with Crippen LogP contribution in [0.2, 0.25) is 0 Å². The minimum Gasteiger partial charge on any atom is -0.341 e. The first kappa shape index (κ1) is 18.3. The van der Waals surface area contributed by atoms with Crippen LogP contribution < -0.4 is 4.72 Å². The molecule has 1 saturated heterocycles. The van der Waals surface area contributed by atoms with Crippen molar-refractivity contribution in [1.82, 2.24) is 9.62 Å². The van der Waals surface area contributed by atoms with Crippen molar-refractivity contribution >= 4 is 16.9 Å². The van der Waals surface area contributed by atoms with Crippen molar-refractivity contribution in [1.29, 1.82) is 0 Å². The van der Waals surface area contributed by atoms with Crippen molar-refractivity contribution in [2.75, 3.05) is 19.3 Å². The molecule has 2 aliphatic rings. The van der Waals surface area contributed by atoms with Gasteiger partial charge in [-0.05, 0) is 47.6 Å². The Balaban J connectivity index is 1.48. The number of rotatable bonds is 5. The van der Waals surface area contributed by atoms with E-state index in [1.54, 1.807) is 18.4 Å². The van der Waals surface area contributed by atoms with Crippen molar-refractivity contribution < 1.29 is 13.4 Å². The van der Waals surface area contributed by atoms with Gasteiger partial charge in [0.2, 0.25) is 5.91 Å². The van der Waals surface area contributed by atoms with Crippen LogP contribution in [0.1, 0.15) is 24.3 Å². The lowest BCUT2D eigenvalue weighted by atomic mass is 9.96. The molecular formula is C21H23FN2O2S. The fraction of sp³-hybridized carbons (Fsp3) is 0.381. The van der Waals surface area contributed by atoms with E-state index in [-0.39, 0.29) is 29.6 Å². The quantitative estimate of drug-likeness (QED) is 0.859. The van der Waals surface area contributed by atoms with Crippen LogP contribution in [-0.2, 0) is 15.8 Å². The van der Waals surface area contributed by atoms with Crippen LogP contribution in [0.3, 0.4) is 0 Å². The van der Waals surface area contributed by atoms with Gasteiger partial charge in [0.1, 0.15) is 5.82 Å². The summed E-state index contributed by atoms with van der Waals surface area (Å²) in [5, 5.41) is 0. The first-order valence-electron chi connectivity index (χ1n) is 9.26. The molecule has 27 heavy (non-hydrogen) atoms. The van der Waals surface area contributed by atoms with E-state index >= 15 is 0 Å². The highest BCUT2D eigenvalue weighted by molar-refractivity contribution is 7.82. The number of nitrogens with one attached hydrogen (secondary N) is 1. The summed E-state index contributed by atoms with van der Waals surface area (Å²) >= 11 is 0. The molecule has 4 unspecified atom stereocenters. The topological polar surface area (TPSA) is 49.4 Å². The lowest BCUT2D eigenvalue weighted by molar-refractivity contribution is -0.131. The van der Waals surface area contributed by atoms with E-state index < -0.39 is 11.0 Å². The van der Waals surface area contributed by atoms with Crippen LogP contribution in [0.5, 0.6) is 0 Å². The average molecular weight is 386 g/mol. The van der Waals surface area contributed by atoms with Crippen LogP contribution in [0, 0.1) is 11.7 Å². The minimum absolute atomic E-state index is 0.00872. The van der Waals surface area contributed by atoms with Gasteiger partial charge >= 0.3 is 0 Å². The molecule has 4 nitrogen and oxygen atoms in total. The van der Waals surface area contributed by atoms with Gasteiger partial charge in [-0.2, -0.15) is 0 Å². The average Bonchev–Trinajstić information content (AvgIpc) is 3.32. The summed E-state index contributed by atoms with van der Waals surface area (Å²) in [7, 11) is -1.06. The zero-order valence-corrected chi connectivity index (χ0v) is 16.0. The molecule has 0 aromatic heterocycles. The lowest BCUT2D eigenvalue weighted by Crippen LogP contribution is -2.36. The van der Waals surface area contributed by atoms with E-state index in [1.807, 2.05) is 35.2 Å². The Hall–Kier alpha value is -2.05. The zero-order chi connectivity index (χ0) is 19.0. The first-order chi connectivity index (χ1) is 13.0. The van der Waals surface area contributed by atoms with Gasteiger partial charge in [0.05, 0.1) is 11.0 Å². The molecular weight excluding hydrogens is 363 g/mol. The molecule has 1 saturated carbocycles. The van der Waals surface area contributed by atoms with Crippen molar-refractivity contribution in [2.24, 2.45) is 5.92 Å². The van der Waals surface area contributed by atoms with E-state index in [0.717, 1.165) is 29.5 Å². The second-order valence-electron chi connectivity index (χ2n) is 7.39. The second kappa shape index (κ2) is 7.52. The van der Waals surface area contributed by atoms with Gasteiger partial charge in [0, 0.05) is 31.3 Å². The highest BCUT2D eigenvalue weighted by atomic mass is 32.2. The number of amides is 1. The first-order valence-corrected chi connectivity index (χ1v) is 10.8. The monoisotopic (exact) mass is 386 g/mol. The molecule has 0 bridgehead atoms. The molecule has 1 N–H and O–H groups in total. The maximum absolute atomic E-state index is 13.6. The van der Waals surface area contributed by atoms with Gasteiger partial charge in [-0.25, -0.2) is 13.3 Å². The molecule has 0 spiro atoms. The van der Waals surface area contributed by atoms with Gasteiger partial charge in [0.25, 0.3) is 0 Å². The summed E-state index contributed by atoms with van der Waals surface area (Å²) < 4.78 is 28.0. The Morgan fingerprint density at radius 3 is 2.81 bits per heavy atom. The maximum Gasteiger partial charge on any atom is 0.226 e. The predicted molar refractivity (Wildman–Crippen MR) is 105 cm³/mol. The molecule has 2 aromatic rings. The molecule has 1 amide bonds. The molecule has 6 heteroatoms. The van der Waals surface area contributed by atoms with E-state index in [1.165, 1.54) is 6.07 Å². The molecule has 1 aliphatic carbocycles. The largest absolute Gasteiger partial charge is 0.341 e. The molecule has 1 aliphatic heterocycles. The van der Waals surface area contributed by atoms with Crippen molar-refractivity contribution in [3.05, 3.63) is 59.9 Å². The Morgan fingerprint density at radius 1 is 1.22 bits per heavy atom. The van der Waals surface area contributed by atoms with Crippen LogP contribution >= 0.6 is 0 Å². The molecule has 4 atom stereocenters. The predicted octanol–water partition coefficient (Wildman–Crippen LogP) is 3.08. The summed E-state index contributed by atoms with van der Waals surface area (Å²) in [4.78, 5) is 14.8. The third-order valence-corrected chi connectivity index (χ3v) is 6.10. The van der Waals surface area contributed by atoms with Gasteiger partial charge < -0.3 is 4.90 Å². The fourth-order valence-electron chi connectivity index (χ4n) is 4.08. The highest BCUT2D eigenvalue weighted by Crippen LogP contribution is 2.51. The SMILES string of the molecule is CS(=O)NC1CCN(C(=O)C2CC2c2ccccc2-c2cccc(F)c2)C1.